The number of esters is 1. The number of aliphatic carboxylic acids is 1. The fourth-order valence-electron chi connectivity index (χ4n) is 2.94. The van der Waals surface area contributed by atoms with Crippen LogP contribution in [0.1, 0.15) is 37.8 Å². The maximum atomic E-state index is 12.5. The number of nitrogens with two attached hydrogens (primary N) is 1. The van der Waals surface area contributed by atoms with Crippen molar-refractivity contribution < 1.29 is 19.4 Å². The van der Waals surface area contributed by atoms with Gasteiger partial charge in [0.2, 0.25) is 0 Å². The van der Waals surface area contributed by atoms with E-state index in [2.05, 4.69) is 0 Å². The van der Waals surface area contributed by atoms with E-state index < -0.39 is 35.4 Å². The molecule has 3 N–H and O–H groups in total. The van der Waals surface area contributed by atoms with Crippen LogP contribution >= 0.6 is 0 Å². The van der Waals surface area contributed by atoms with E-state index in [0.29, 0.717) is 0 Å². The summed E-state index contributed by atoms with van der Waals surface area (Å²) >= 11 is 0. The second kappa shape index (κ2) is 8.15. The molecule has 5 nitrogen and oxygen atoms in total. The molecule has 0 saturated carbocycles. The van der Waals surface area contributed by atoms with Crippen molar-refractivity contribution in [1.29, 1.82) is 0 Å². The van der Waals surface area contributed by atoms with Crippen molar-refractivity contribution in [3.8, 4) is 0 Å². The lowest BCUT2D eigenvalue weighted by atomic mass is 9.79. The van der Waals surface area contributed by atoms with Crippen LogP contribution < -0.4 is 5.73 Å². The third-order valence-electron chi connectivity index (χ3n) is 4.01. The van der Waals surface area contributed by atoms with Gasteiger partial charge in [-0.15, -0.1) is 0 Å². The first-order valence-corrected chi connectivity index (χ1v) is 8.52. The van der Waals surface area contributed by atoms with Gasteiger partial charge in [-0.2, -0.15) is 0 Å². The first kappa shape index (κ1) is 19.7. The predicted molar refractivity (Wildman–Crippen MR) is 99.7 cm³/mol. The Kier molecular flexibility index (Phi) is 6.16. The summed E-state index contributed by atoms with van der Waals surface area (Å²) in [5.41, 5.74) is 7.27. The van der Waals surface area contributed by atoms with Gasteiger partial charge >= 0.3 is 11.9 Å². The number of hydrogen-bond donors (Lipinski definition) is 2. The van der Waals surface area contributed by atoms with Gasteiger partial charge in [0.1, 0.15) is 5.60 Å². The molecule has 138 valence electrons. The Hall–Kier alpha value is -2.66. The summed E-state index contributed by atoms with van der Waals surface area (Å²) in [6, 6.07) is 17.7. The average Bonchev–Trinajstić information content (AvgIpc) is 2.55. The molecule has 0 bridgehead atoms. The summed E-state index contributed by atoms with van der Waals surface area (Å²) in [6.45, 7) is 5.09. The minimum atomic E-state index is -1.47. The molecule has 0 aromatic heterocycles. The Morgan fingerprint density at radius 1 is 0.923 bits per heavy atom. The monoisotopic (exact) mass is 355 g/mol. The van der Waals surface area contributed by atoms with Crippen LogP contribution in [0.4, 0.5) is 0 Å². The van der Waals surface area contributed by atoms with Crippen LogP contribution in [0.5, 0.6) is 0 Å². The van der Waals surface area contributed by atoms with Crippen molar-refractivity contribution in [3.63, 3.8) is 0 Å². The first-order valence-electron chi connectivity index (χ1n) is 8.52. The maximum Gasteiger partial charge on any atom is 0.322 e. The Balaban J connectivity index is 2.45. The highest BCUT2D eigenvalue weighted by Gasteiger charge is 2.41. The highest BCUT2D eigenvalue weighted by molar-refractivity contribution is 5.95. The molecule has 0 fully saturated rings. The first-order chi connectivity index (χ1) is 12.2. The third-order valence-corrected chi connectivity index (χ3v) is 4.01. The lowest BCUT2D eigenvalue weighted by Crippen LogP contribution is -2.47. The zero-order chi connectivity index (χ0) is 19.3. The lowest BCUT2D eigenvalue weighted by molar-refractivity contribution is -0.167. The number of carbonyl (C=O) groups excluding carboxylic acids is 1. The molecular formula is C21H25NO4. The highest BCUT2D eigenvalue weighted by atomic mass is 16.6. The van der Waals surface area contributed by atoms with E-state index in [-0.39, 0.29) is 0 Å². The standard InChI is InChI=1S/C21H25NO4/c1-21(2,3)26-20(25)17(19(23)24)18(22)16(14-10-6-4-7-11-14)15-12-8-5-9-13-15/h4-13,16-18H,22H2,1-3H3,(H,23,24)/t17-,18+/m0/s1. The molecule has 0 spiro atoms. The van der Waals surface area contributed by atoms with Gasteiger partial charge in [0.15, 0.2) is 5.92 Å². The number of hydrogen-bond acceptors (Lipinski definition) is 4. The molecule has 0 aliphatic heterocycles. The van der Waals surface area contributed by atoms with E-state index in [1.165, 1.54) is 0 Å². The molecule has 0 radical (unpaired) electrons. The Morgan fingerprint density at radius 2 is 1.35 bits per heavy atom. The average molecular weight is 355 g/mol. The molecule has 0 aliphatic carbocycles. The number of rotatable bonds is 6. The molecule has 0 aliphatic rings. The normalized spacial score (nSPS) is 13.9. The van der Waals surface area contributed by atoms with Gasteiger partial charge in [0.05, 0.1) is 0 Å². The summed E-state index contributed by atoms with van der Waals surface area (Å²) < 4.78 is 5.30. The Labute approximate surface area is 153 Å². The van der Waals surface area contributed by atoms with E-state index in [0.717, 1.165) is 11.1 Å². The van der Waals surface area contributed by atoms with Crippen molar-refractivity contribution in [2.45, 2.75) is 38.3 Å². The summed E-state index contributed by atoms with van der Waals surface area (Å²) in [5.74, 6) is -4.04. The van der Waals surface area contributed by atoms with E-state index >= 15 is 0 Å². The summed E-state index contributed by atoms with van der Waals surface area (Å²) in [5, 5.41) is 9.67. The van der Waals surface area contributed by atoms with Crippen molar-refractivity contribution >= 4 is 11.9 Å². The van der Waals surface area contributed by atoms with Crippen LogP contribution in [0.3, 0.4) is 0 Å². The number of carboxylic acids is 1. The number of carbonyl (C=O) groups is 2. The highest BCUT2D eigenvalue weighted by Crippen LogP contribution is 2.31. The summed E-state index contributed by atoms with van der Waals surface area (Å²) in [6.07, 6.45) is 0. The largest absolute Gasteiger partial charge is 0.481 e. The molecule has 2 rings (SSSR count). The lowest BCUT2D eigenvalue weighted by Gasteiger charge is -2.30. The molecule has 0 unspecified atom stereocenters. The molecule has 0 saturated heterocycles. The topological polar surface area (TPSA) is 89.6 Å². The van der Waals surface area contributed by atoms with Crippen LogP contribution in [-0.4, -0.2) is 28.7 Å². The SMILES string of the molecule is CC(C)(C)OC(=O)[C@H](C(=O)O)[C@H](N)C(c1ccccc1)c1ccccc1. The third kappa shape index (κ3) is 4.92. The van der Waals surface area contributed by atoms with Crippen molar-refractivity contribution in [3.05, 3.63) is 71.8 Å². The van der Waals surface area contributed by atoms with Crippen LogP contribution in [0, 0.1) is 5.92 Å². The Bertz CT molecular complexity index is 698. The molecule has 0 amide bonds. The van der Waals surface area contributed by atoms with Gasteiger partial charge < -0.3 is 15.6 Å². The second-order valence-electron chi connectivity index (χ2n) is 7.23. The van der Waals surface area contributed by atoms with Crippen LogP contribution in [-0.2, 0) is 14.3 Å². The van der Waals surface area contributed by atoms with Gasteiger partial charge in [-0.05, 0) is 31.9 Å². The van der Waals surface area contributed by atoms with Gasteiger partial charge in [-0.1, -0.05) is 60.7 Å². The van der Waals surface area contributed by atoms with E-state index in [1.807, 2.05) is 60.7 Å². The van der Waals surface area contributed by atoms with Crippen molar-refractivity contribution in [2.75, 3.05) is 0 Å². The van der Waals surface area contributed by atoms with E-state index in [9.17, 15) is 14.7 Å². The molecule has 0 heterocycles. The molecule has 2 aromatic carbocycles. The molecule has 2 aromatic rings. The van der Waals surface area contributed by atoms with Gasteiger partial charge in [-0.3, -0.25) is 9.59 Å². The summed E-state index contributed by atoms with van der Waals surface area (Å²) in [7, 11) is 0. The maximum absolute atomic E-state index is 12.5. The smallest absolute Gasteiger partial charge is 0.322 e. The Morgan fingerprint density at radius 3 is 1.69 bits per heavy atom. The molecular weight excluding hydrogens is 330 g/mol. The number of ether oxygens (including phenoxy) is 1. The van der Waals surface area contributed by atoms with Gasteiger partial charge in [0.25, 0.3) is 0 Å². The van der Waals surface area contributed by atoms with Crippen LogP contribution in [0.25, 0.3) is 0 Å². The zero-order valence-corrected chi connectivity index (χ0v) is 15.3. The molecule has 26 heavy (non-hydrogen) atoms. The second-order valence-corrected chi connectivity index (χ2v) is 7.23. The number of benzene rings is 2. The van der Waals surface area contributed by atoms with Crippen LogP contribution in [0.15, 0.2) is 60.7 Å². The minimum Gasteiger partial charge on any atom is -0.481 e. The van der Waals surface area contributed by atoms with E-state index in [4.69, 9.17) is 10.5 Å². The van der Waals surface area contributed by atoms with Crippen LogP contribution in [0.2, 0.25) is 0 Å². The fourth-order valence-corrected chi connectivity index (χ4v) is 2.94. The quantitative estimate of drug-likeness (QED) is 0.613. The van der Waals surface area contributed by atoms with Gasteiger partial charge in [-0.25, -0.2) is 0 Å². The molecule has 2 atom stereocenters. The minimum absolute atomic E-state index is 0.453. The number of carboxylic acid groups (broad SMARTS) is 1. The zero-order valence-electron chi connectivity index (χ0n) is 15.3. The van der Waals surface area contributed by atoms with Gasteiger partial charge in [0, 0.05) is 12.0 Å². The fraction of sp³-hybridized carbons (Fsp3) is 0.333. The summed E-state index contributed by atoms with van der Waals surface area (Å²) in [4.78, 5) is 24.4. The predicted octanol–water partition coefficient (Wildman–Crippen LogP) is 3.19. The van der Waals surface area contributed by atoms with Crippen molar-refractivity contribution in [1.82, 2.24) is 0 Å². The van der Waals surface area contributed by atoms with E-state index in [1.54, 1.807) is 20.8 Å². The molecule has 5 heteroatoms. The van der Waals surface area contributed by atoms with Crippen molar-refractivity contribution in [2.24, 2.45) is 11.7 Å².